The topological polar surface area (TPSA) is 46.2 Å². The molecule has 188 valence electrons. The lowest BCUT2D eigenvalue weighted by atomic mass is 10.0. The van der Waals surface area contributed by atoms with Crippen LogP contribution < -0.4 is 15.9 Å². The normalized spacial score (nSPS) is 30.4. The Morgan fingerprint density at radius 1 is 0.556 bits per heavy atom. The summed E-state index contributed by atoms with van der Waals surface area (Å²) in [6.45, 7) is 5.47. The van der Waals surface area contributed by atoms with Crippen LogP contribution in [0.15, 0.2) is 91.0 Å². The molecule has 6 rings (SSSR count). The van der Waals surface area contributed by atoms with E-state index in [2.05, 4.69) is 96.8 Å². The first-order valence-corrected chi connectivity index (χ1v) is 14.4. The van der Waals surface area contributed by atoms with E-state index in [0.717, 1.165) is 0 Å². The molecule has 0 aliphatic carbocycles. The molecule has 0 spiro atoms. The summed E-state index contributed by atoms with van der Waals surface area (Å²) in [5.41, 5.74) is 0. The van der Waals surface area contributed by atoms with Gasteiger partial charge in [-0.2, -0.15) is 0 Å². The molecule has 0 amide bonds. The molecule has 3 heterocycles. The lowest BCUT2D eigenvalue weighted by molar-refractivity contribution is -0.216. The number of ether oxygens (including phenoxy) is 5. The Kier molecular flexibility index (Phi) is 6.00. The lowest BCUT2D eigenvalue weighted by Crippen LogP contribution is -2.56. The average molecular weight is 505 g/mol. The quantitative estimate of drug-likeness (QED) is 0.499. The third kappa shape index (κ3) is 4.18. The number of rotatable bonds is 4. The molecule has 5 nitrogen and oxygen atoms in total. The van der Waals surface area contributed by atoms with Gasteiger partial charge in [0, 0.05) is 0 Å². The zero-order valence-electron chi connectivity index (χ0n) is 21.1. The van der Waals surface area contributed by atoms with Crippen LogP contribution in [0, 0.1) is 0 Å². The Morgan fingerprint density at radius 3 is 1.47 bits per heavy atom. The molecule has 0 N–H and O–H groups in total. The van der Waals surface area contributed by atoms with Crippen LogP contribution in [-0.4, -0.2) is 48.1 Å². The standard InChI is InChI=1S/C30H33O5P/c1-29(2)32-25-24(31-28-27(26(25)33-29)34-30(3,4)35-28)20-36(21-14-8-5-9-15-21,22-16-10-6-11-17-22)23-18-12-7-13-19-23/h5-20,24-28H,1-4H3/t24-,25+,26+,27-,28-/m1/s1. The van der Waals surface area contributed by atoms with E-state index in [-0.39, 0.29) is 24.4 Å². The van der Waals surface area contributed by atoms with Crippen LogP contribution in [0.2, 0.25) is 0 Å². The predicted octanol–water partition coefficient (Wildman–Crippen LogP) is 4.18. The van der Waals surface area contributed by atoms with Crippen LogP contribution in [0.1, 0.15) is 27.7 Å². The SMILES string of the molecule is CC1(C)O[C@H]2[C@@H](O1)[C@@H](C=P(c1ccccc1)(c1ccccc1)c1ccccc1)O[C@@H]1OC(C)(C)O[C@@H]12. The van der Waals surface area contributed by atoms with E-state index in [0.29, 0.717) is 0 Å². The van der Waals surface area contributed by atoms with Gasteiger partial charge in [-0.25, -0.2) is 0 Å². The molecule has 3 aliphatic heterocycles. The summed E-state index contributed by atoms with van der Waals surface area (Å²) in [5, 5.41) is 3.77. The summed E-state index contributed by atoms with van der Waals surface area (Å²) in [5.74, 6) is 0.888. The number of hydrogen-bond acceptors (Lipinski definition) is 5. The molecule has 3 aliphatic rings. The molecule has 5 atom stereocenters. The van der Waals surface area contributed by atoms with Gasteiger partial charge < -0.3 is 23.7 Å². The van der Waals surface area contributed by atoms with Crippen molar-refractivity contribution in [3.05, 3.63) is 91.0 Å². The van der Waals surface area contributed by atoms with Crippen molar-refractivity contribution in [3.8, 4) is 0 Å². The van der Waals surface area contributed by atoms with Crippen LogP contribution in [0.25, 0.3) is 0 Å². The van der Waals surface area contributed by atoms with E-state index in [4.69, 9.17) is 23.7 Å². The highest BCUT2D eigenvalue weighted by atomic mass is 31.2. The molecular weight excluding hydrogens is 471 g/mol. The van der Waals surface area contributed by atoms with E-state index in [9.17, 15) is 0 Å². The second-order valence-electron chi connectivity index (χ2n) is 10.5. The highest BCUT2D eigenvalue weighted by Crippen LogP contribution is 2.48. The third-order valence-electron chi connectivity index (χ3n) is 7.05. The molecule has 3 saturated heterocycles. The molecule has 6 heteroatoms. The highest BCUT2D eigenvalue weighted by molar-refractivity contribution is 7.94. The molecule has 0 radical (unpaired) electrons. The second-order valence-corrected chi connectivity index (χ2v) is 13.8. The molecule has 0 saturated carbocycles. The van der Waals surface area contributed by atoms with Gasteiger partial charge >= 0.3 is 0 Å². The predicted molar refractivity (Wildman–Crippen MR) is 144 cm³/mol. The van der Waals surface area contributed by atoms with Crippen molar-refractivity contribution < 1.29 is 23.7 Å². The molecule has 3 fully saturated rings. The first-order valence-electron chi connectivity index (χ1n) is 12.6. The van der Waals surface area contributed by atoms with Crippen LogP contribution in [0.5, 0.6) is 0 Å². The molecular formula is C30H33O5P. The third-order valence-corrected chi connectivity index (χ3v) is 11.1. The van der Waals surface area contributed by atoms with Gasteiger partial charge in [0.1, 0.15) is 24.4 Å². The Morgan fingerprint density at radius 2 is 0.972 bits per heavy atom. The van der Waals surface area contributed by atoms with E-state index < -0.39 is 24.8 Å². The van der Waals surface area contributed by atoms with Crippen molar-refractivity contribution in [3.63, 3.8) is 0 Å². The summed E-state index contributed by atoms with van der Waals surface area (Å²) in [6, 6.07) is 32.2. The minimum Gasteiger partial charge on any atom is -0.342 e. The monoisotopic (exact) mass is 504 g/mol. The summed E-state index contributed by atoms with van der Waals surface area (Å²) in [7, 11) is 0. The van der Waals surface area contributed by atoms with Crippen LogP contribution in [-0.2, 0) is 23.7 Å². The number of fused-ring (bicyclic) bond motifs is 3. The van der Waals surface area contributed by atoms with E-state index in [1.165, 1.54) is 15.9 Å². The van der Waals surface area contributed by atoms with E-state index in [1.54, 1.807) is 0 Å². The summed E-state index contributed by atoms with van der Waals surface area (Å²) >= 11 is 0. The van der Waals surface area contributed by atoms with Crippen molar-refractivity contribution >= 4 is 28.6 Å². The molecule has 36 heavy (non-hydrogen) atoms. The van der Waals surface area contributed by atoms with Gasteiger partial charge in [-0.3, -0.25) is 0 Å². The molecule has 0 bridgehead atoms. The summed E-state index contributed by atoms with van der Waals surface area (Å²) in [6.07, 6.45) is -1.89. The van der Waals surface area contributed by atoms with Crippen molar-refractivity contribution in [1.82, 2.24) is 0 Å². The lowest BCUT2D eigenvalue weighted by Gasteiger charge is -2.38. The largest absolute Gasteiger partial charge is 0.342 e. The summed E-state index contributed by atoms with van der Waals surface area (Å²) < 4.78 is 32.0. The van der Waals surface area contributed by atoms with Crippen LogP contribution in [0.3, 0.4) is 0 Å². The average Bonchev–Trinajstić information content (AvgIpc) is 3.38. The fraction of sp³-hybridized carbons (Fsp3) is 0.367. The van der Waals surface area contributed by atoms with Gasteiger partial charge in [-0.1, -0.05) is 91.0 Å². The van der Waals surface area contributed by atoms with Gasteiger partial charge in [0.15, 0.2) is 17.9 Å². The van der Waals surface area contributed by atoms with Gasteiger partial charge in [0.25, 0.3) is 0 Å². The van der Waals surface area contributed by atoms with Gasteiger partial charge in [0.2, 0.25) is 0 Å². The molecule has 0 aromatic heterocycles. The summed E-state index contributed by atoms with van der Waals surface area (Å²) in [4.78, 5) is 0. The Balaban J connectivity index is 1.58. The maximum absolute atomic E-state index is 6.69. The van der Waals surface area contributed by atoms with Crippen molar-refractivity contribution in [2.24, 2.45) is 0 Å². The minimum absolute atomic E-state index is 0.300. The maximum Gasteiger partial charge on any atom is 0.190 e. The minimum atomic E-state index is -2.26. The van der Waals surface area contributed by atoms with Gasteiger partial charge in [-0.05, 0) is 56.3 Å². The van der Waals surface area contributed by atoms with Crippen molar-refractivity contribution in [2.75, 3.05) is 0 Å². The smallest absolute Gasteiger partial charge is 0.190 e. The van der Waals surface area contributed by atoms with Crippen molar-refractivity contribution in [1.29, 1.82) is 0 Å². The molecule has 3 aromatic rings. The van der Waals surface area contributed by atoms with Gasteiger partial charge in [-0.15, -0.1) is 0 Å². The number of hydrogen-bond donors (Lipinski definition) is 0. The van der Waals surface area contributed by atoms with Crippen molar-refractivity contribution in [2.45, 2.75) is 70.0 Å². The van der Waals surface area contributed by atoms with E-state index in [1.807, 2.05) is 27.7 Å². The molecule has 3 aromatic carbocycles. The van der Waals surface area contributed by atoms with Crippen LogP contribution >= 0.6 is 6.89 Å². The molecule has 0 unspecified atom stereocenters. The zero-order chi connectivity index (χ0) is 25.0. The Hall–Kier alpha value is -2.24. The first kappa shape index (κ1) is 24.1. The fourth-order valence-electron chi connectivity index (χ4n) is 5.68. The number of benzene rings is 3. The first-order chi connectivity index (χ1) is 17.3. The maximum atomic E-state index is 6.69. The fourth-order valence-corrected chi connectivity index (χ4v) is 9.70. The van der Waals surface area contributed by atoms with Gasteiger partial charge in [0.05, 0.1) is 0 Å². The van der Waals surface area contributed by atoms with Crippen LogP contribution in [0.4, 0.5) is 0 Å². The van der Waals surface area contributed by atoms with E-state index >= 15 is 0 Å². The Bertz CT molecular complexity index is 1150. The second kappa shape index (κ2) is 8.95. The highest BCUT2D eigenvalue weighted by Gasteiger charge is 2.60. The Labute approximate surface area is 213 Å². The zero-order valence-corrected chi connectivity index (χ0v) is 22.0.